The van der Waals surface area contributed by atoms with Crippen molar-refractivity contribution >= 4 is 0 Å². The predicted molar refractivity (Wildman–Crippen MR) is 62.3 cm³/mol. The third-order valence-corrected chi connectivity index (χ3v) is 3.55. The van der Waals surface area contributed by atoms with Crippen molar-refractivity contribution in [2.45, 2.75) is 39.5 Å². The van der Waals surface area contributed by atoms with Gasteiger partial charge in [-0.15, -0.1) is 0 Å². The number of nitrogens with two attached hydrogens (primary N) is 1. The van der Waals surface area contributed by atoms with E-state index < -0.39 is 0 Å². The van der Waals surface area contributed by atoms with E-state index in [9.17, 15) is 0 Å². The van der Waals surface area contributed by atoms with Crippen molar-refractivity contribution in [1.29, 1.82) is 0 Å². The van der Waals surface area contributed by atoms with Crippen LogP contribution in [0.4, 0.5) is 0 Å². The Labute approximate surface area is 88.8 Å². The van der Waals surface area contributed by atoms with Crippen molar-refractivity contribution in [3.63, 3.8) is 0 Å². The Morgan fingerprint density at radius 2 is 2.00 bits per heavy atom. The van der Waals surface area contributed by atoms with E-state index in [2.05, 4.69) is 25.8 Å². The van der Waals surface area contributed by atoms with Crippen LogP contribution in [-0.2, 0) is 0 Å². The zero-order chi connectivity index (χ0) is 10.6. The second-order valence-corrected chi connectivity index (χ2v) is 5.46. The first-order valence-electron chi connectivity index (χ1n) is 5.97. The van der Waals surface area contributed by atoms with Gasteiger partial charge < -0.3 is 10.6 Å². The number of rotatable bonds is 3. The first-order chi connectivity index (χ1) is 6.58. The summed E-state index contributed by atoms with van der Waals surface area (Å²) in [4.78, 5) is 2.44. The Morgan fingerprint density at radius 1 is 1.29 bits per heavy atom. The standard InChI is InChI=1S/C12H26N2/c1-11(2)9-12(10-13)5-4-7-14(3)8-6-12/h11H,4-10,13H2,1-3H3. The van der Waals surface area contributed by atoms with Gasteiger partial charge in [0.1, 0.15) is 0 Å². The quantitative estimate of drug-likeness (QED) is 0.752. The molecular weight excluding hydrogens is 172 g/mol. The number of hydrogen-bond donors (Lipinski definition) is 1. The van der Waals surface area contributed by atoms with Gasteiger partial charge in [0.25, 0.3) is 0 Å². The first kappa shape index (κ1) is 12.0. The molecule has 0 aromatic rings. The van der Waals surface area contributed by atoms with Crippen LogP contribution in [0.15, 0.2) is 0 Å². The van der Waals surface area contributed by atoms with Gasteiger partial charge in [-0.1, -0.05) is 13.8 Å². The zero-order valence-electron chi connectivity index (χ0n) is 10.1. The van der Waals surface area contributed by atoms with E-state index in [-0.39, 0.29) is 0 Å². The van der Waals surface area contributed by atoms with E-state index in [0.29, 0.717) is 5.41 Å². The zero-order valence-corrected chi connectivity index (χ0v) is 10.1. The average Bonchev–Trinajstić information content (AvgIpc) is 2.29. The highest BCUT2D eigenvalue weighted by Crippen LogP contribution is 2.36. The lowest BCUT2D eigenvalue weighted by atomic mass is 9.74. The molecule has 1 fully saturated rings. The Kier molecular flexibility index (Phi) is 4.39. The summed E-state index contributed by atoms with van der Waals surface area (Å²) in [6, 6.07) is 0. The molecule has 1 rings (SSSR count). The molecule has 0 amide bonds. The summed E-state index contributed by atoms with van der Waals surface area (Å²) in [5, 5.41) is 0. The highest BCUT2D eigenvalue weighted by molar-refractivity contribution is 4.85. The van der Waals surface area contributed by atoms with Gasteiger partial charge in [0.2, 0.25) is 0 Å². The molecule has 0 saturated carbocycles. The normalized spacial score (nSPS) is 30.6. The number of hydrogen-bond acceptors (Lipinski definition) is 2. The second kappa shape index (κ2) is 5.13. The van der Waals surface area contributed by atoms with Crippen molar-refractivity contribution in [2.24, 2.45) is 17.1 Å². The van der Waals surface area contributed by atoms with Crippen LogP contribution in [0.5, 0.6) is 0 Å². The summed E-state index contributed by atoms with van der Waals surface area (Å²) in [6.45, 7) is 7.97. The Morgan fingerprint density at radius 3 is 2.57 bits per heavy atom. The van der Waals surface area contributed by atoms with Crippen molar-refractivity contribution in [2.75, 3.05) is 26.7 Å². The number of likely N-dealkylation sites (tertiary alicyclic amines) is 1. The van der Waals surface area contributed by atoms with Crippen LogP contribution >= 0.6 is 0 Å². The highest BCUT2D eigenvalue weighted by atomic mass is 15.1. The van der Waals surface area contributed by atoms with Crippen LogP contribution in [0.2, 0.25) is 0 Å². The van der Waals surface area contributed by atoms with Gasteiger partial charge in [0, 0.05) is 0 Å². The molecule has 0 aromatic carbocycles. The molecule has 14 heavy (non-hydrogen) atoms. The Bertz CT molecular complexity index is 168. The van der Waals surface area contributed by atoms with E-state index in [4.69, 9.17) is 5.73 Å². The molecule has 1 saturated heterocycles. The largest absolute Gasteiger partial charge is 0.330 e. The van der Waals surface area contributed by atoms with Crippen LogP contribution in [0, 0.1) is 11.3 Å². The third-order valence-electron chi connectivity index (χ3n) is 3.55. The molecule has 2 nitrogen and oxygen atoms in total. The topological polar surface area (TPSA) is 29.3 Å². The molecule has 1 heterocycles. The molecule has 0 aromatic heterocycles. The molecule has 2 heteroatoms. The first-order valence-corrected chi connectivity index (χ1v) is 5.97. The molecule has 84 valence electrons. The molecule has 1 unspecified atom stereocenters. The molecule has 0 aliphatic carbocycles. The van der Waals surface area contributed by atoms with Gasteiger partial charge in [-0.2, -0.15) is 0 Å². The molecule has 0 bridgehead atoms. The molecule has 1 aliphatic heterocycles. The number of nitrogens with zero attached hydrogens (tertiary/aromatic N) is 1. The maximum absolute atomic E-state index is 5.98. The molecular formula is C12H26N2. The predicted octanol–water partition coefficient (Wildman–Crippen LogP) is 2.09. The lowest BCUT2D eigenvalue weighted by molar-refractivity contribution is 0.201. The van der Waals surface area contributed by atoms with Crippen LogP contribution in [0.25, 0.3) is 0 Å². The van der Waals surface area contributed by atoms with Crippen LogP contribution in [0.1, 0.15) is 39.5 Å². The smallest absolute Gasteiger partial charge is 0.00160 e. The second-order valence-electron chi connectivity index (χ2n) is 5.46. The third kappa shape index (κ3) is 3.25. The fourth-order valence-electron chi connectivity index (χ4n) is 2.75. The summed E-state index contributed by atoms with van der Waals surface area (Å²) in [7, 11) is 2.22. The van der Waals surface area contributed by atoms with Gasteiger partial charge in [0.05, 0.1) is 0 Å². The lowest BCUT2D eigenvalue weighted by Gasteiger charge is -2.33. The minimum atomic E-state index is 0.443. The summed E-state index contributed by atoms with van der Waals surface area (Å²) < 4.78 is 0. The minimum Gasteiger partial charge on any atom is -0.330 e. The van der Waals surface area contributed by atoms with Gasteiger partial charge >= 0.3 is 0 Å². The van der Waals surface area contributed by atoms with Crippen LogP contribution in [-0.4, -0.2) is 31.6 Å². The van der Waals surface area contributed by atoms with Gasteiger partial charge in [-0.25, -0.2) is 0 Å². The van der Waals surface area contributed by atoms with Crippen LogP contribution < -0.4 is 5.73 Å². The average molecular weight is 198 g/mol. The fraction of sp³-hybridized carbons (Fsp3) is 1.00. The fourth-order valence-corrected chi connectivity index (χ4v) is 2.75. The van der Waals surface area contributed by atoms with E-state index in [0.717, 1.165) is 12.5 Å². The maximum atomic E-state index is 5.98. The Hall–Kier alpha value is -0.0800. The molecule has 0 spiro atoms. The lowest BCUT2D eigenvalue weighted by Crippen LogP contribution is -2.33. The summed E-state index contributed by atoms with van der Waals surface area (Å²) in [5.41, 5.74) is 6.43. The highest BCUT2D eigenvalue weighted by Gasteiger charge is 2.31. The van der Waals surface area contributed by atoms with Gasteiger partial charge in [-0.05, 0) is 63.7 Å². The SMILES string of the molecule is CC(C)CC1(CN)CCCN(C)CC1. The van der Waals surface area contributed by atoms with Gasteiger partial charge in [-0.3, -0.25) is 0 Å². The van der Waals surface area contributed by atoms with Crippen molar-refractivity contribution < 1.29 is 0 Å². The van der Waals surface area contributed by atoms with E-state index in [1.54, 1.807) is 0 Å². The van der Waals surface area contributed by atoms with E-state index in [1.165, 1.54) is 38.8 Å². The minimum absolute atomic E-state index is 0.443. The van der Waals surface area contributed by atoms with Crippen LogP contribution in [0.3, 0.4) is 0 Å². The Balaban J connectivity index is 2.58. The van der Waals surface area contributed by atoms with Crippen molar-refractivity contribution in [3.05, 3.63) is 0 Å². The van der Waals surface area contributed by atoms with E-state index in [1.807, 2.05) is 0 Å². The van der Waals surface area contributed by atoms with E-state index >= 15 is 0 Å². The molecule has 1 aliphatic rings. The summed E-state index contributed by atoms with van der Waals surface area (Å²) in [6.07, 6.45) is 5.24. The molecule has 2 N–H and O–H groups in total. The summed E-state index contributed by atoms with van der Waals surface area (Å²) >= 11 is 0. The van der Waals surface area contributed by atoms with Crippen molar-refractivity contribution in [3.8, 4) is 0 Å². The maximum Gasteiger partial charge on any atom is -0.00160 e. The molecule has 1 atom stereocenters. The van der Waals surface area contributed by atoms with Gasteiger partial charge in [0.15, 0.2) is 0 Å². The van der Waals surface area contributed by atoms with Crippen molar-refractivity contribution in [1.82, 2.24) is 4.90 Å². The monoisotopic (exact) mass is 198 g/mol. The molecule has 0 radical (unpaired) electrons. The summed E-state index contributed by atoms with van der Waals surface area (Å²) in [5.74, 6) is 0.780.